The van der Waals surface area contributed by atoms with Gasteiger partial charge < -0.3 is 15.8 Å². The zero-order valence-electron chi connectivity index (χ0n) is 14.4. The molecule has 1 aliphatic rings. The summed E-state index contributed by atoms with van der Waals surface area (Å²) in [5, 5.41) is 7.85. The number of aromatic nitrogens is 3. The zero-order chi connectivity index (χ0) is 18.1. The molecule has 2 heterocycles. The van der Waals surface area contributed by atoms with Crippen LogP contribution in [0.1, 0.15) is 36.6 Å². The zero-order valence-corrected chi connectivity index (χ0v) is 16.0. The smallest absolute Gasteiger partial charge is 0.241 e. The molecular weight excluding hydrogens is 394 g/mol. The van der Waals surface area contributed by atoms with Crippen molar-refractivity contribution < 1.29 is 4.74 Å². The Kier molecular flexibility index (Phi) is 4.55. The Morgan fingerprint density at radius 1 is 1.15 bits per heavy atom. The molecule has 134 valence electrons. The van der Waals surface area contributed by atoms with Gasteiger partial charge in [0.25, 0.3) is 0 Å². The number of nitrogen functional groups attached to an aromatic ring is 1. The van der Waals surface area contributed by atoms with Crippen LogP contribution in [0.5, 0.6) is 5.75 Å². The first-order valence-electron chi connectivity index (χ1n) is 8.61. The number of hydrogen-bond acceptors (Lipinski definition) is 5. The summed E-state index contributed by atoms with van der Waals surface area (Å²) in [5.74, 6) is 1.84. The summed E-state index contributed by atoms with van der Waals surface area (Å²) in [6.45, 7) is 2.64. The maximum Gasteiger partial charge on any atom is 0.241 e. The minimum absolute atomic E-state index is 0.0559. The lowest BCUT2D eigenvalue weighted by Crippen LogP contribution is -2.28. The van der Waals surface area contributed by atoms with Gasteiger partial charge in [-0.2, -0.15) is 4.98 Å². The molecule has 0 unspecified atom stereocenters. The fourth-order valence-corrected chi connectivity index (χ4v) is 3.60. The predicted molar refractivity (Wildman–Crippen MR) is 105 cm³/mol. The van der Waals surface area contributed by atoms with Crippen LogP contribution < -0.4 is 15.8 Å². The fraction of sp³-hybridized carbons (Fsp3) is 0.263. The molecule has 0 saturated heterocycles. The third-order valence-electron chi connectivity index (χ3n) is 4.55. The molecule has 0 fully saturated rings. The van der Waals surface area contributed by atoms with Gasteiger partial charge in [-0.15, -0.1) is 5.10 Å². The van der Waals surface area contributed by atoms with Gasteiger partial charge in [0.05, 0.1) is 18.7 Å². The third kappa shape index (κ3) is 3.26. The average Bonchev–Trinajstić information content (AvgIpc) is 3.02. The second-order valence-corrected chi connectivity index (χ2v) is 7.16. The first-order valence-corrected chi connectivity index (χ1v) is 9.40. The fourth-order valence-electron chi connectivity index (χ4n) is 3.34. The van der Waals surface area contributed by atoms with Crippen LogP contribution in [0.15, 0.2) is 53.0 Å². The Morgan fingerprint density at radius 3 is 2.54 bits per heavy atom. The van der Waals surface area contributed by atoms with Gasteiger partial charge in [0, 0.05) is 4.47 Å². The summed E-state index contributed by atoms with van der Waals surface area (Å²) >= 11 is 3.49. The van der Waals surface area contributed by atoms with Gasteiger partial charge in [-0.05, 0) is 48.7 Å². The first-order chi connectivity index (χ1) is 12.6. The van der Waals surface area contributed by atoms with Crippen molar-refractivity contribution in [3.8, 4) is 5.75 Å². The lowest BCUT2D eigenvalue weighted by atomic mass is 9.93. The van der Waals surface area contributed by atoms with Gasteiger partial charge in [0.1, 0.15) is 5.75 Å². The molecule has 2 atom stereocenters. The van der Waals surface area contributed by atoms with Crippen LogP contribution in [0.25, 0.3) is 0 Å². The summed E-state index contributed by atoms with van der Waals surface area (Å²) in [7, 11) is 0. The summed E-state index contributed by atoms with van der Waals surface area (Å²) in [4.78, 5) is 4.35. The second-order valence-electron chi connectivity index (χ2n) is 6.24. The van der Waals surface area contributed by atoms with Crippen molar-refractivity contribution >= 4 is 27.8 Å². The molecule has 0 spiro atoms. The number of nitrogens with one attached hydrogen (secondary N) is 1. The highest BCUT2D eigenvalue weighted by atomic mass is 79.9. The van der Waals surface area contributed by atoms with E-state index in [0.717, 1.165) is 22.2 Å². The standard InChI is InChI=1S/C19H20BrN5O/c1-2-26-15-9-5-13(6-10-15)17-11-16(12-3-7-14(20)8-4-12)22-19-23-18(21)24-25(17)19/h3-10,16-17H,2,11H2,1H3,(H3,21,22,23,24)/t16-,17-/m1/s1. The van der Waals surface area contributed by atoms with Gasteiger partial charge in [0.15, 0.2) is 0 Å². The Labute approximate surface area is 160 Å². The van der Waals surface area contributed by atoms with E-state index in [9.17, 15) is 0 Å². The largest absolute Gasteiger partial charge is 0.494 e. The minimum atomic E-state index is 0.0559. The second kappa shape index (κ2) is 6.99. The van der Waals surface area contributed by atoms with E-state index < -0.39 is 0 Å². The van der Waals surface area contributed by atoms with Crippen LogP contribution >= 0.6 is 15.9 Å². The van der Waals surface area contributed by atoms with Crippen LogP contribution in [0.4, 0.5) is 11.9 Å². The Hall–Kier alpha value is -2.54. The first kappa shape index (κ1) is 16.9. The number of halogens is 1. The molecule has 0 amide bonds. The van der Waals surface area contributed by atoms with Crippen LogP contribution in [-0.2, 0) is 0 Å². The van der Waals surface area contributed by atoms with Gasteiger partial charge >= 0.3 is 0 Å². The van der Waals surface area contributed by atoms with Crippen molar-refractivity contribution in [3.05, 3.63) is 64.1 Å². The monoisotopic (exact) mass is 413 g/mol. The summed E-state index contributed by atoms with van der Waals surface area (Å²) in [5.41, 5.74) is 8.22. The van der Waals surface area contributed by atoms with E-state index in [1.165, 1.54) is 5.56 Å². The number of rotatable bonds is 4. The summed E-state index contributed by atoms with van der Waals surface area (Å²) < 4.78 is 8.49. The molecule has 4 rings (SSSR count). The number of nitrogens with two attached hydrogens (primary N) is 1. The quantitative estimate of drug-likeness (QED) is 0.670. The van der Waals surface area contributed by atoms with E-state index >= 15 is 0 Å². The van der Waals surface area contributed by atoms with Crippen LogP contribution in [-0.4, -0.2) is 21.4 Å². The normalized spacial score (nSPS) is 18.8. The molecule has 26 heavy (non-hydrogen) atoms. The van der Waals surface area contributed by atoms with E-state index in [0.29, 0.717) is 12.6 Å². The highest BCUT2D eigenvalue weighted by molar-refractivity contribution is 9.10. The van der Waals surface area contributed by atoms with Crippen LogP contribution in [0, 0.1) is 0 Å². The SMILES string of the molecule is CCOc1ccc([C@H]2C[C@H](c3ccc(Br)cc3)Nc3nc(N)nn32)cc1. The van der Waals surface area contributed by atoms with Crippen molar-refractivity contribution in [1.29, 1.82) is 0 Å². The molecule has 0 bridgehead atoms. The Morgan fingerprint density at radius 2 is 1.85 bits per heavy atom. The maximum absolute atomic E-state index is 5.86. The highest BCUT2D eigenvalue weighted by Crippen LogP contribution is 2.38. The third-order valence-corrected chi connectivity index (χ3v) is 5.08. The van der Waals surface area contributed by atoms with E-state index in [1.54, 1.807) is 0 Å². The van der Waals surface area contributed by atoms with Gasteiger partial charge in [-0.3, -0.25) is 0 Å². The average molecular weight is 414 g/mol. The number of hydrogen-bond donors (Lipinski definition) is 2. The van der Waals surface area contributed by atoms with E-state index in [2.05, 4.69) is 67.7 Å². The van der Waals surface area contributed by atoms with Gasteiger partial charge in [0.2, 0.25) is 11.9 Å². The van der Waals surface area contributed by atoms with Crippen molar-refractivity contribution in [1.82, 2.24) is 14.8 Å². The molecule has 2 aromatic carbocycles. The van der Waals surface area contributed by atoms with E-state index in [1.807, 2.05) is 23.7 Å². The molecule has 1 aliphatic heterocycles. The molecule has 7 heteroatoms. The topological polar surface area (TPSA) is 78.0 Å². The Bertz CT molecular complexity index is 891. The van der Waals surface area contributed by atoms with Crippen molar-refractivity contribution in [2.75, 3.05) is 17.7 Å². The number of anilines is 2. The predicted octanol–water partition coefficient (Wildman–Crippen LogP) is 4.17. The molecule has 0 radical (unpaired) electrons. The summed E-state index contributed by atoms with van der Waals surface area (Å²) in [6, 6.07) is 16.7. The molecule has 0 saturated carbocycles. The molecule has 6 nitrogen and oxygen atoms in total. The number of nitrogens with zero attached hydrogens (tertiary/aromatic N) is 3. The van der Waals surface area contributed by atoms with Crippen molar-refractivity contribution in [2.45, 2.75) is 25.4 Å². The van der Waals surface area contributed by atoms with E-state index in [4.69, 9.17) is 10.5 Å². The molecular formula is C19H20BrN5O. The van der Waals surface area contributed by atoms with Gasteiger partial charge in [-0.25, -0.2) is 4.68 Å². The minimum Gasteiger partial charge on any atom is -0.494 e. The molecule has 0 aliphatic carbocycles. The number of fused-ring (bicyclic) bond motifs is 1. The van der Waals surface area contributed by atoms with Crippen LogP contribution in [0.2, 0.25) is 0 Å². The van der Waals surface area contributed by atoms with Crippen molar-refractivity contribution in [2.24, 2.45) is 0 Å². The highest BCUT2D eigenvalue weighted by Gasteiger charge is 2.30. The van der Waals surface area contributed by atoms with Crippen molar-refractivity contribution in [3.63, 3.8) is 0 Å². The number of benzene rings is 2. The molecule has 3 aromatic rings. The molecule has 1 aromatic heterocycles. The lowest BCUT2D eigenvalue weighted by molar-refractivity contribution is 0.340. The van der Waals surface area contributed by atoms with Crippen LogP contribution in [0.3, 0.4) is 0 Å². The van der Waals surface area contributed by atoms with E-state index in [-0.39, 0.29) is 18.0 Å². The summed E-state index contributed by atoms with van der Waals surface area (Å²) in [6.07, 6.45) is 0.853. The maximum atomic E-state index is 5.86. The molecule has 3 N–H and O–H groups in total. The lowest BCUT2D eigenvalue weighted by Gasteiger charge is -2.31. The Balaban J connectivity index is 1.69. The van der Waals surface area contributed by atoms with Gasteiger partial charge in [-0.1, -0.05) is 40.2 Å². The number of ether oxygens (including phenoxy) is 1.